The van der Waals surface area contributed by atoms with Crippen LogP contribution in [-0.4, -0.2) is 47.3 Å². The van der Waals surface area contributed by atoms with Gasteiger partial charge in [-0.15, -0.1) is 0 Å². The van der Waals surface area contributed by atoms with E-state index in [0.717, 1.165) is 12.1 Å². The van der Waals surface area contributed by atoms with Crippen LogP contribution in [0, 0.1) is 11.3 Å². The highest BCUT2D eigenvalue weighted by Crippen LogP contribution is 2.46. The second-order valence-corrected chi connectivity index (χ2v) is 7.48. The lowest BCUT2D eigenvalue weighted by Crippen LogP contribution is -2.51. The fourth-order valence-corrected chi connectivity index (χ4v) is 4.29. The summed E-state index contributed by atoms with van der Waals surface area (Å²) in [7, 11) is 0. The molecule has 0 atom stereocenters. The Hall–Kier alpha value is -2.05. The third-order valence-corrected chi connectivity index (χ3v) is 5.94. The molecule has 2 amide bonds. The summed E-state index contributed by atoms with van der Waals surface area (Å²) < 4.78 is 26.0. The van der Waals surface area contributed by atoms with Gasteiger partial charge >= 0.3 is 0 Å². The van der Waals surface area contributed by atoms with E-state index < -0.39 is 17.3 Å². The summed E-state index contributed by atoms with van der Waals surface area (Å²) in [6.45, 7) is 1.62. The van der Waals surface area contributed by atoms with Gasteiger partial charge < -0.3 is 9.80 Å². The van der Waals surface area contributed by atoms with Gasteiger partial charge in [0.25, 0.3) is 0 Å². The first kappa shape index (κ1) is 16.4. The van der Waals surface area contributed by atoms with Crippen LogP contribution in [0.15, 0.2) is 24.5 Å². The van der Waals surface area contributed by atoms with Crippen LogP contribution in [0.2, 0.25) is 0 Å². The Morgan fingerprint density at radius 2 is 1.84 bits per heavy atom. The number of rotatable bonds is 2. The van der Waals surface area contributed by atoms with Crippen LogP contribution < -0.4 is 4.90 Å². The number of alkyl halides is 2. The summed E-state index contributed by atoms with van der Waals surface area (Å²) in [6, 6.07) is 3.68. The molecule has 0 aromatic carbocycles. The van der Waals surface area contributed by atoms with Crippen LogP contribution in [0.1, 0.15) is 32.1 Å². The largest absolute Gasteiger partial charge is 0.342 e. The molecule has 134 valence electrons. The van der Waals surface area contributed by atoms with Crippen molar-refractivity contribution in [3.63, 3.8) is 0 Å². The van der Waals surface area contributed by atoms with E-state index in [1.807, 2.05) is 12.1 Å². The van der Waals surface area contributed by atoms with Gasteiger partial charge in [0.2, 0.25) is 17.7 Å². The lowest BCUT2D eigenvalue weighted by Gasteiger charge is -2.42. The molecule has 1 spiro atoms. The highest BCUT2D eigenvalue weighted by molar-refractivity contribution is 6.00. The molecule has 2 aliphatic heterocycles. The van der Waals surface area contributed by atoms with Gasteiger partial charge in [0.05, 0.1) is 17.3 Å². The summed E-state index contributed by atoms with van der Waals surface area (Å²) >= 11 is 0. The minimum absolute atomic E-state index is 0.0998. The number of piperidine rings is 1. The van der Waals surface area contributed by atoms with Gasteiger partial charge in [-0.3, -0.25) is 14.6 Å². The van der Waals surface area contributed by atoms with Gasteiger partial charge in [0, 0.05) is 44.6 Å². The maximum atomic E-state index is 13.0. The molecule has 0 unspecified atom stereocenters. The van der Waals surface area contributed by atoms with Crippen molar-refractivity contribution >= 4 is 17.5 Å². The van der Waals surface area contributed by atoms with E-state index >= 15 is 0 Å². The Morgan fingerprint density at radius 3 is 2.44 bits per heavy atom. The van der Waals surface area contributed by atoms with E-state index in [4.69, 9.17) is 0 Å². The number of aromatic nitrogens is 1. The number of hydrogen-bond donors (Lipinski definition) is 0. The number of pyridine rings is 1. The third kappa shape index (κ3) is 2.79. The fourth-order valence-electron chi connectivity index (χ4n) is 4.29. The Bertz CT molecular complexity index is 679. The smallest absolute Gasteiger partial charge is 0.249 e. The number of carbonyl (C=O) groups excluding carboxylic acids is 2. The molecule has 0 N–H and O–H groups in total. The third-order valence-electron chi connectivity index (χ3n) is 5.94. The summed E-state index contributed by atoms with van der Waals surface area (Å²) in [5.41, 5.74) is 0.385. The van der Waals surface area contributed by atoms with Crippen molar-refractivity contribution < 1.29 is 18.4 Å². The molecule has 25 heavy (non-hydrogen) atoms. The van der Waals surface area contributed by atoms with E-state index in [9.17, 15) is 18.4 Å². The second-order valence-electron chi connectivity index (χ2n) is 7.48. The first-order chi connectivity index (χ1) is 11.9. The summed E-state index contributed by atoms with van der Waals surface area (Å²) in [5, 5.41) is 0. The Kier molecular flexibility index (Phi) is 3.77. The topological polar surface area (TPSA) is 53.5 Å². The van der Waals surface area contributed by atoms with Gasteiger partial charge in [-0.05, 0) is 31.4 Å². The van der Waals surface area contributed by atoms with E-state index in [1.54, 1.807) is 22.2 Å². The molecule has 7 heteroatoms. The summed E-state index contributed by atoms with van der Waals surface area (Å²) in [4.78, 5) is 32.8. The van der Waals surface area contributed by atoms with Crippen molar-refractivity contribution in [3.05, 3.63) is 24.5 Å². The van der Waals surface area contributed by atoms with Crippen LogP contribution in [0.25, 0.3) is 0 Å². The standard InChI is InChI=1S/C18H21F2N3O2/c19-18(20)10-13(11-18)15(24)22-7-3-17(4-8-22)5-9-23(16(17)25)14-2-1-6-21-12-14/h1-2,6,12-13H,3-5,7-11H2. The quantitative estimate of drug-likeness (QED) is 0.824. The highest BCUT2D eigenvalue weighted by atomic mass is 19.3. The van der Waals surface area contributed by atoms with Crippen molar-refractivity contribution in [1.82, 2.24) is 9.88 Å². The molecule has 0 radical (unpaired) electrons. The van der Waals surface area contributed by atoms with E-state index in [2.05, 4.69) is 4.98 Å². The first-order valence-electron chi connectivity index (χ1n) is 8.79. The molecule has 3 heterocycles. The molecular weight excluding hydrogens is 328 g/mol. The molecule has 1 saturated carbocycles. The zero-order valence-corrected chi connectivity index (χ0v) is 14.0. The maximum absolute atomic E-state index is 13.0. The molecule has 4 rings (SSSR count). The lowest BCUT2D eigenvalue weighted by molar-refractivity contribution is -0.162. The molecule has 5 nitrogen and oxygen atoms in total. The highest BCUT2D eigenvalue weighted by Gasteiger charge is 2.52. The number of nitrogens with zero attached hydrogens (tertiary/aromatic N) is 3. The van der Waals surface area contributed by atoms with Crippen LogP contribution in [-0.2, 0) is 9.59 Å². The molecular formula is C18H21F2N3O2. The van der Waals surface area contributed by atoms with Gasteiger partial charge in [-0.2, -0.15) is 0 Å². The Morgan fingerprint density at radius 1 is 1.16 bits per heavy atom. The summed E-state index contributed by atoms with van der Waals surface area (Å²) in [5.74, 6) is -3.29. The number of likely N-dealkylation sites (tertiary alicyclic amines) is 1. The lowest BCUT2D eigenvalue weighted by atomic mass is 9.75. The van der Waals surface area contributed by atoms with Crippen molar-refractivity contribution in [2.75, 3.05) is 24.5 Å². The Labute approximate surface area is 145 Å². The number of halogens is 2. The average molecular weight is 349 g/mol. The zero-order valence-electron chi connectivity index (χ0n) is 14.0. The monoisotopic (exact) mass is 349 g/mol. The van der Waals surface area contributed by atoms with E-state index in [1.165, 1.54) is 0 Å². The molecule has 1 aromatic rings. The normalized spacial score (nSPS) is 25.3. The average Bonchev–Trinajstić information content (AvgIpc) is 2.90. The Balaban J connectivity index is 1.38. The molecule has 0 bridgehead atoms. The number of carbonyl (C=O) groups is 2. The van der Waals surface area contributed by atoms with E-state index in [0.29, 0.717) is 32.5 Å². The van der Waals surface area contributed by atoms with Crippen LogP contribution in [0.4, 0.5) is 14.5 Å². The van der Waals surface area contributed by atoms with Gasteiger partial charge in [0.15, 0.2) is 0 Å². The molecule has 1 aliphatic carbocycles. The molecule has 1 aromatic heterocycles. The molecule has 2 saturated heterocycles. The van der Waals surface area contributed by atoms with Gasteiger partial charge in [-0.25, -0.2) is 8.78 Å². The van der Waals surface area contributed by atoms with Crippen LogP contribution >= 0.6 is 0 Å². The van der Waals surface area contributed by atoms with Crippen molar-refractivity contribution in [1.29, 1.82) is 0 Å². The van der Waals surface area contributed by atoms with E-state index in [-0.39, 0.29) is 24.7 Å². The van der Waals surface area contributed by atoms with Crippen LogP contribution in [0.3, 0.4) is 0 Å². The fraction of sp³-hybridized carbons (Fsp3) is 0.611. The minimum Gasteiger partial charge on any atom is -0.342 e. The van der Waals surface area contributed by atoms with Crippen molar-refractivity contribution in [2.45, 2.75) is 38.0 Å². The van der Waals surface area contributed by atoms with Crippen LogP contribution in [0.5, 0.6) is 0 Å². The molecule has 3 fully saturated rings. The number of anilines is 1. The van der Waals surface area contributed by atoms with Gasteiger partial charge in [-0.1, -0.05) is 0 Å². The number of amides is 2. The van der Waals surface area contributed by atoms with Gasteiger partial charge in [0.1, 0.15) is 0 Å². The minimum atomic E-state index is -2.68. The van der Waals surface area contributed by atoms with Crippen molar-refractivity contribution in [2.24, 2.45) is 11.3 Å². The first-order valence-corrected chi connectivity index (χ1v) is 8.79. The maximum Gasteiger partial charge on any atom is 0.249 e. The predicted octanol–water partition coefficient (Wildman–Crippen LogP) is 2.47. The zero-order chi connectivity index (χ0) is 17.7. The predicted molar refractivity (Wildman–Crippen MR) is 87.1 cm³/mol. The summed E-state index contributed by atoms with van der Waals surface area (Å²) in [6.07, 6.45) is 4.68. The SMILES string of the molecule is O=C(C1CC(F)(F)C1)N1CCC2(CC1)CCN(c1cccnc1)C2=O. The molecule has 3 aliphatic rings. The second kappa shape index (κ2) is 5.75. The van der Waals surface area contributed by atoms with Crippen molar-refractivity contribution in [3.8, 4) is 0 Å². The number of hydrogen-bond acceptors (Lipinski definition) is 3.